The van der Waals surface area contributed by atoms with E-state index < -0.39 is 16.6 Å². The summed E-state index contributed by atoms with van der Waals surface area (Å²) in [6, 6.07) is 7.88. The molecule has 2 aromatic rings. The van der Waals surface area contributed by atoms with Gasteiger partial charge in [-0.05, 0) is 50.1 Å². The first-order valence-electron chi connectivity index (χ1n) is 8.02. The minimum Gasteiger partial charge on any atom is -0.323 e. The number of aryl methyl sites for hydroxylation is 1. The van der Waals surface area contributed by atoms with Gasteiger partial charge in [0.25, 0.3) is 11.6 Å². The van der Waals surface area contributed by atoms with Crippen LogP contribution in [0.3, 0.4) is 0 Å². The number of benzene rings is 2. The van der Waals surface area contributed by atoms with Crippen molar-refractivity contribution in [1.82, 2.24) is 0 Å². The standard InChI is InChI=1S/C18H16FN3O4/c1-10-8-12(4-7-16(10)22(25)26)18(24)20-13-5-6-14(19)15(9-13)21-17(23)11-2-3-11/h4-9,11H,2-3H2,1H3,(H,20,24)(H,21,23). The number of rotatable bonds is 5. The van der Waals surface area contributed by atoms with Crippen molar-refractivity contribution in [1.29, 1.82) is 0 Å². The molecule has 1 saturated carbocycles. The molecular weight excluding hydrogens is 341 g/mol. The number of amides is 2. The van der Waals surface area contributed by atoms with E-state index in [1.54, 1.807) is 6.92 Å². The Morgan fingerprint density at radius 1 is 1.15 bits per heavy atom. The van der Waals surface area contributed by atoms with Crippen LogP contribution in [-0.2, 0) is 4.79 Å². The smallest absolute Gasteiger partial charge is 0.272 e. The summed E-state index contributed by atoms with van der Waals surface area (Å²) in [6.07, 6.45) is 1.59. The van der Waals surface area contributed by atoms with Crippen molar-refractivity contribution >= 4 is 28.9 Å². The maximum atomic E-state index is 13.9. The molecule has 26 heavy (non-hydrogen) atoms. The summed E-state index contributed by atoms with van der Waals surface area (Å²) in [4.78, 5) is 34.4. The van der Waals surface area contributed by atoms with E-state index in [4.69, 9.17) is 0 Å². The number of nitrogens with one attached hydrogen (secondary N) is 2. The van der Waals surface area contributed by atoms with Gasteiger partial charge < -0.3 is 10.6 Å². The molecule has 0 bridgehead atoms. The van der Waals surface area contributed by atoms with Gasteiger partial charge in [0.2, 0.25) is 5.91 Å². The molecule has 1 aliphatic carbocycles. The van der Waals surface area contributed by atoms with Gasteiger partial charge in [-0.15, -0.1) is 0 Å². The molecule has 2 amide bonds. The normalized spacial score (nSPS) is 13.2. The van der Waals surface area contributed by atoms with Gasteiger partial charge in [0, 0.05) is 28.8 Å². The van der Waals surface area contributed by atoms with Crippen LogP contribution in [0.1, 0.15) is 28.8 Å². The van der Waals surface area contributed by atoms with Gasteiger partial charge in [0.05, 0.1) is 10.6 Å². The van der Waals surface area contributed by atoms with Crippen LogP contribution in [0.5, 0.6) is 0 Å². The number of halogens is 1. The van der Waals surface area contributed by atoms with Gasteiger partial charge in [0.1, 0.15) is 5.82 Å². The maximum Gasteiger partial charge on any atom is 0.272 e. The van der Waals surface area contributed by atoms with Gasteiger partial charge in [-0.2, -0.15) is 0 Å². The van der Waals surface area contributed by atoms with Gasteiger partial charge in [-0.25, -0.2) is 4.39 Å². The zero-order valence-corrected chi connectivity index (χ0v) is 13.9. The summed E-state index contributed by atoms with van der Waals surface area (Å²) in [5, 5.41) is 15.9. The summed E-state index contributed by atoms with van der Waals surface area (Å²) in [5.41, 5.74) is 0.826. The molecule has 0 unspecified atom stereocenters. The first kappa shape index (κ1) is 17.5. The molecule has 134 valence electrons. The molecule has 0 aromatic heterocycles. The summed E-state index contributed by atoms with van der Waals surface area (Å²) in [5.74, 6) is -1.40. The van der Waals surface area contributed by atoms with E-state index in [0.717, 1.165) is 18.9 Å². The van der Waals surface area contributed by atoms with Crippen molar-refractivity contribution in [3.05, 3.63) is 63.5 Å². The van der Waals surface area contributed by atoms with E-state index in [9.17, 15) is 24.1 Å². The van der Waals surface area contributed by atoms with Crippen molar-refractivity contribution in [3.63, 3.8) is 0 Å². The highest BCUT2D eigenvalue weighted by Gasteiger charge is 2.30. The predicted molar refractivity (Wildman–Crippen MR) is 93.5 cm³/mol. The Kier molecular flexibility index (Phi) is 4.66. The fourth-order valence-corrected chi connectivity index (χ4v) is 2.48. The Hall–Kier alpha value is -3.29. The van der Waals surface area contributed by atoms with Gasteiger partial charge >= 0.3 is 0 Å². The molecule has 1 aliphatic rings. The number of nitrogens with zero attached hydrogens (tertiary/aromatic N) is 1. The zero-order valence-electron chi connectivity index (χ0n) is 13.9. The van der Waals surface area contributed by atoms with Crippen molar-refractivity contribution in [2.24, 2.45) is 5.92 Å². The molecule has 3 rings (SSSR count). The number of nitro groups is 1. The molecular formula is C18H16FN3O4. The van der Waals surface area contributed by atoms with Crippen molar-refractivity contribution < 1.29 is 18.9 Å². The van der Waals surface area contributed by atoms with E-state index in [1.807, 2.05) is 0 Å². The highest BCUT2D eigenvalue weighted by molar-refractivity contribution is 6.05. The Labute approximate surface area is 148 Å². The number of hydrogen-bond acceptors (Lipinski definition) is 4. The van der Waals surface area contributed by atoms with Gasteiger partial charge in [-0.3, -0.25) is 19.7 Å². The van der Waals surface area contributed by atoms with Crippen molar-refractivity contribution in [3.8, 4) is 0 Å². The minimum atomic E-state index is -0.594. The Balaban J connectivity index is 1.75. The third-order valence-electron chi connectivity index (χ3n) is 4.09. The molecule has 8 heteroatoms. The molecule has 0 saturated heterocycles. The number of anilines is 2. The number of carbonyl (C=O) groups is 2. The van der Waals surface area contributed by atoms with E-state index in [1.165, 1.54) is 30.3 Å². The third-order valence-corrected chi connectivity index (χ3v) is 4.09. The predicted octanol–water partition coefficient (Wildman–Crippen LogP) is 3.64. The van der Waals surface area contributed by atoms with Crippen LogP contribution < -0.4 is 10.6 Å². The quantitative estimate of drug-likeness (QED) is 0.630. The second-order valence-corrected chi connectivity index (χ2v) is 6.17. The maximum absolute atomic E-state index is 13.9. The lowest BCUT2D eigenvalue weighted by atomic mass is 10.1. The second kappa shape index (κ2) is 6.91. The molecule has 0 atom stereocenters. The van der Waals surface area contributed by atoms with Crippen molar-refractivity contribution in [2.75, 3.05) is 10.6 Å². The van der Waals surface area contributed by atoms with Crippen LogP contribution in [0.4, 0.5) is 21.5 Å². The lowest BCUT2D eigenvalue weighted by molar-refractivity contribution is -0.385. The average Bonchev–Trinajstić information content (AvgIpc) is 3.42. The molecule has 7 nitrogen and oxygen atoms in total. The second-order valence-electron chi connectivity index (χ2n) is 6.17. The highest BCUT2D eigenvalue weighted by Crippen LogP contribution is 2.31. The molecule has 0 radical (unpaired) electrons. The van der Waals surface area contributed by atoms with Gasteiger partial charge in [-0.1, -0.05) is 0 Å². The molecule has 0 spiro atoms. The molecule has 2 N–H and O–H groups in total. The first-order chi connectivity index (χ1) is 12.3. The minimum absolute atomic E-state index is 0.000389. The molecule has 0 aliphatic heterocycles. The van der Waals surface area contributed by atoms with E-state index in [0.29, 0.717) is 11.3 Å². The summed E-state index contributed by atoms with van der Waals surface area (Å²) in [7, 11) is 0. The lowest BCUT2D eigenvalue weighted by Crippen LogP contribution is -2.16. The summed E-state index contributed by atoms with van der Waals surface area (Å²) < 4.78 is 13.9. The van der Waals surface area contributed by atoms with Crippen LogP contribution in [0.15, 0.2) is 36.4 Å². The molecule has 1 fully saturated rings. The summed E-state index contributed by atoms with van der Waals surface area (Å²) >= 11 is 0. The van der Waals surface area contributed by atoms with Crippen LogP contribution in [-0.4, -0.2) is 16.7 Å². The van der Waals surface area contributed by atoms with Crippen LogP contribution in [0.25, 0.3) is 0 Å². The van der Waals surface area contributed by atoms with E-state index in [-0.39, 0.29) is 28.8 Å². The topological polar surface area (TPSA) is 101 Å². The zero-order chi connectivity index (χ0) is 18.8. The first-order valence-corrected chi connectivity index (χ1v) is 8.02. The summed E-state index contributed by atoms with van der Waals surface area (Å²) in [6.45, 7) is 1.54. The Bertz CT molecular complexity index is 909. The Morgan fingerprint density at radius 2 is 1.88 bits per heavy atom. The highest BCUT2D eigenvalue weighted by atomic mass is 19.1. The molecule has 2 aromatic carbocycles. The number of hydrogen-bond donors (Lipinski definition) is 2. The monoisotopic (exact) mass is 357 g/mol. The van der Waals surface area contributed by atoms with Crippen LogP contribution in [0, 0.1) is 28.8 Å². The number of carbonyl (C=O) groups excluding carboxylic acids is 2. The van der Waals surface area contributed by atoms with Crippen LogP contribution in [0.2, 0.25) is 0 Å². The van der Waals surface area contributed by atoms with E-state index in [2.05, 4.69) is 10.6 Å². The average molecular weight is 357 g/mol. The number of nitro benzene ring substituents is 1. The SMILES string of the molecule is Cc1cc(C(=O)Nc2ccc(F)c(NC(=O)C3CC3)c2)ccc1[N+](=O)[O-]. The van der Waals surface area contributed by atoms with Crippen LogP contribution >= 0.6 is 0 Å². The fourth-order valence-electron chi connectivity index (χ4n) is 2.48. The lowest BCUT2D eigenvalue weighted by Gasteiger charge is -2.10. The Morgan fingerprint density at radius 3 is 2.50 bits per heavy atom. The third kappa shape index (κ3) is 3.85. The largest absolute Gasteiger partial charge is 0.323 e. The van der Waals surface area contributed by atoms with E-state index >= 15 is 0 Å². The van der Waals surface area contributed by atoms with Gasteiger partial charge in [0.15, 0.2) is 0 Å². The molecule has 0 heterocycles. The fraction of sp³-hybridized carbons (Fsp3) is 0.222. The van der Waals surface area contributed by atoms with Crippen molar-refractivity contribution in [2.45, 2.75) is 19.8 Å².